The SMILES string of the molecule is O=C(NCC1CCN(c2ccccc2)C1)c1cc2cc(Cl)ccc2[nH]1. The van der Waals surface area contributed by atoms with E-state index in [4.69, 9.17) is 11.6 Å². The Balaban J connectivity index is 1.35. The summed E-state index contributed by atoms with van der Waals surface area (Å²) in [5.41, 5.74) is 2.75. The number of para-hydroxylation sites is 1. The Kier molecular flexibility index (Phi) is 4.36. The largest absolute Gasteiger partial charge is 0.371 e. The van der Waals surface area contributed by atoms with E-state index in [1.165, 1.54) is 5.69 Å². The molecule has 2 N–H and O–H groups in total. The molecule has 0 spiro atoms. The molecule has 1 aliphatic rings. The predicted octanol–water partition coefficient (Wildman–Crippen LogP) is 4.08. The van der Waals surface area contributed by atoms with E-state index in [1.807, 2.05) is 30.3 Å². The topological polar surface area (TPSA) is 48.1 Å². The third-order valence-corrected chi connectivity index (χ3v) is 5.02. The van der Waals surface area contributed by atoms with Crippen LogP contribution in [0.5, 0.6) is 0 Å². The molecule has 2 aromatic carbocycles. The molecule has 128 valence electrons. The van der Waals surface area contributed by atoms with Crippen molar-refractivity contribution in [3.05, 3.63) is 65.3 Å². The molecule has 1 fully saturated rings. The number of hydrogen-bond acceptors (Lipinski definition) is 2. The number of halogens is 1. The smallest absolute Gasteiger partial charge is 0.267 e. The lowest BCUT2D eigenvalue weighted by molar-refractivity contribution is 0.0944. The van der Waals surface area contributed by atoms with E-state index >= 15 is 0 Å². The zero-order valence-corrected chi connectivity index (χ0v) is 14.6. The number of anilines is 1. The van der Waals surface area contributed by atoms with Crippen molar-refractivity contribution in [3.8, 4) is 0 Å². The van der Waals surface area contributed by atoms with E-state index in [0.717, 1.165) is 30.4 Å². The molecule has 2 heterocycles. The standard InChI is InChI=1S/C20H20ClN3O/c21-16-6-7-18-15(10-16)11-19(23-18)20(25)22-12-14-8-9-24(13-14)17-4-2-1-3-5-17/h1-7,10-11,14,23H,8-9,12-13H2,(H,22,25). The molecular formula is C20H20ClN3O. The van der Waals surface area contributed by atoms with Gasteiger partial charge < -0.3 is 15.2 Å². The lowest BCUT2D eigenvalue weighted by Gasteiger charge is -2.18. The third-order valence-electron chi connectivity index (χ3n) is 4.79. The lowest BCUT2D eigenvalue weighted by atomic mass is 10.1. The molecule has 0 radical (unpaired) electrons. The van der Waals surface area contributed by atoms with Crippen molar-refractivity contribution in [1.29, 1.82) is 0 Å². The fourth-order valence-corrected chi connectivity index (χ4v) is 3.61. The highest BCUT2D eigenvalue weighted by Gasteiger charge is 2.23. The molecule has 3 aromatic rings. The minimum absolute atomic E-state index is 0.0644. The van der Waals surface area contributed by atoms with E-state index < -0.39 is 0 Å². The van der Waals surface area contributed by atoms with Crippen LogP contribution >= 0.6 is 11.6 Å². The Morgan fingerprint density at radius 1 is 1.20 bits per heavy atom. The van der Waals surface area contributed by atoms with Gasteiger partial charge in [0, 0.05) is 41.2 Å². The number of aromatic nitrogens is 1. The van der Waals surface area contributed by atoms with Gasteiger partial charge in [-0.05, 0) is 48.7 Å². The second-order valence-corrected chi connectivity index (χ2v) is 7.00. The minimum Gasteiger partial charge on any atom is -0.371 e. The third kappa shape index (κ3) is 3.49. The molecule has 25 heavy (non-hydrogen) atoms. The monoisotopic (exact) mass is 353 g/mol. The maximum absolute atomic E-state index is 12.4. The van der Waals surface area contributed by atoms with Gasteiger partial charge in [0.1, 0.15) is 5.69 Å². The number of nitrogens with one attached hydrogen (secondary N) is 2. The van der Waals surface area contributed by atoms with Crippen molar-refractivity contribution in [2.45, 2.75) is 6.42 Å². The molecule has 1 amide bonds. The molecule has 1 unspecified atom stereocenters. The van der Waals surface area contributed by atoms with Crippen molar-refractivity contribution >= 4 is 34.1 Å². The molecule has 5 heteroatoms. The Labute approximate surface area is 151 Å². The van der Waals surface area contributed by atoms with Gasteiger partial charge in [0.25, 0.3) is 5.91 Å². The van der Waals surface area contributed by atoms with Crippen LogP contribution in [0, 0.1) is 5.92 Å². The van der Waals surface area contributed by atoms with Crippen molar-refractivity contribution < 1.29 is 4.79 Å². The summed E-state index contributed by atoms with van der Waals surface area (Å²) < 4.78 is 0. The molecule has 1 saturated heterocycles. The summed E-state index contributed by atoms with van der Waals surface area (Å²) in [6, 6.07) is 17.8. The average Bonchev–Trinajstić information content (AvgIpc) is 3.27. The highest BCUT2D eigenvalue weighted by molar-refractivity contribution is 6.31. The van der Waals surface area contributed by atoms with E-state index in [9.17, 15) is 4.79 Å². The van der Waals surface area contributed by atoms with Gasteiger partial charge >= 0.3 is 0 Å². The first kappa shape index (κ1) is 16.0. The molecule has 1 aliphatic heterocycles. The summed E-state index contributed by atoms with van der Waals surface area (Å²) in [6.45, 7) is 2.71. The molecular weight excluding hydrogens is 334 g/mol. The van der Waals surface area contributed by atoms with Crippen LogP contribution in [0.1, 0.15) is 16.9 Å². The normalized spacial score (nSPS) is 17.2. The summed E-state index contributed by atoms with van der Waals surface area (Å²) in [7, 11) is 0. The second kappa shape index (κ2) is 6.81. The number of H-pyrrole nitrogens is 1. The zero-order valence-electron chi connectivity index (χ0n) is 13.8. The minimum atomic E-state index is -0.0644. The molecule has 1 atom stereocenters. The second-order valence-electron chi connectivity index (χ2n) is 6.56. The van der Waals surface area contributed by atoms with E-state index in [2.05, 4.69) is 39.5 Å². The van der Waals surface area contributed by atoms with Gasteiger partial charge in [0.05, 0.1) is 0 Å². The highest BCUT2D eigenvalue weighted by atomic mass is 35.5. The number of hydrogen-bond donors (Lipinski definition) is 2. The molecule has 4 nitrogen and oxygen atoms in total. The maximum atomic E-state index is 12.4. The molecule has 0 saturated carbocycles. The molecule has 0 bridgehead atoms. The van der Waals surface area contributed by atoms with Crippen LogP contribution < -0.4 is 10.2 Å². The summed E-state index contributed by atoms with van der Waals surface area (Å²) in [4.78, 5) is 17.9. The van der Waals surface area contributed by atoms with Gasteiger partial charge in [-0.1, -0.05) is 29.8 Å². The van der Waals surface area contributed by atoms with Crippen molar-refractivity contribution in [1.82, 2.24) is 10.3 Å². The van der Waals surface area contributed by atoms with Gasteiger partial charge in [-0.3, -0.25) is 4.79 Å². The number of carbonyl (C=O) groups is 1. The molecule has 0 aliphatic carbocycles. The van der Waals surface area contributed by atoms with Crippen LogP contribution in [0.4, 0.5) is 5.69 Å². The first-order chi connectivity index (χ1) is 12.2. The fraction of sp³-hybridized carbons (Fsp3) is 0.250. The van der Waals surface area contributed by atoms with Gasteiger partial charge in [0.15, 0.2) is 0 Å². The van der Waals surface area contributed by atoms with Gasteiger partial charge in [-0.25, -0.2) is 0 Å². The Morgan fingerprint density at radius 3 is 2.88 bits per heavy atom. The number of benzene rings is 2. The van der Waals surface area contributed by atoms with Crippen LogP contribution in [-0.2, 0) is 0 Å². The van der Waals surface area contributed by atoms with E-state index in [-0.39, 0.29) is 5.91 Å². The first-order valence-corrected chi connectivity index (χ1v) is 8.93. The van der Waals surface area contributed by atoms with E-state index in [0.29, 0.717) is 23.2 Å². The number of fused-ring (bicyclic) bond motifs is 1. The average molecular weight is 354 g/mol. The Hall–Kier alpha value is -2.46. The highest BCUT2D eigenvalue weighted by Crippen LogP contribution is 2.23. The van der Waals surface area contributed by atoms with Gasteiger partial charge in [-0.15, -0.1) is 0 Å². The number of amides is 1. The lowest BCUT2D eigenvalue weighted by Crippen LogP contribution is -2.31. The van der Waals surface area contributed by atoms with Crippen molar-refractivity contribution in [3.63, 3.8) is 0 Å². The van der Waals surface area contributed by atoms with Crippen LogP contribution in [0.15, 0.2) is 54.6 Å². The van der Waals surface area contributed by atoms with Crippen LogP contribution in [0.2, 0.25) is 5.02 Å². The van der Waals surface area contributed by atoms with Crippen molar-refractivity contribution in [2.75, 3.05) is 24.5 Å². The Bertz CT molecular complexity index is 890. The number of nitrogens with zero attached hydrogens (tertiary/aromatic N) is 1. The zero-order chi connectivity index (χ0) is 17.2. The number of rotatable bonds is 4. The van der Waals surface area contributed by atoms with Crippen LogP contribution in [0.25, 0.3) is 10.9 Å². The predicted molar refractivity (Wildman–Crippen MR) is 102 cm³/mol. The Morgan fingerprint density at radius 2 is 2.04 bits per heavy atom. The van der Waals surface area contributed by atoms with Gasteiger partial charge in [-0.2, -0.15) is 0 Å². The summed E-state index contributed by atoms with van der Waals surface area (Å²) in [5.74, 6) is 0.411. The van der Waals surface area contributed by atoms with Crippen LogP contribution in [-0.4, -0.2) is 30.5 Å². The summed E-state index contributed by atoms with van der Waals surface area (Å²) >= 11 is 6.00. The van der Waals surface area contributed by atoms with Gasteiger partial charge in [0.2, 0.25) is 0 Å². The van der Waals surface area contributed by atoms with Crippen LogP contribution in [0.3, 0.4) is 0 Å². The summed E-state index contributed by atoms with van der Waals surface area (Å²) in [6.07, 6.45) is 1.09. The molecule has 4 rings (SSSR count). The number of aromatic amines is 1. The fourth-order valence-electron chi connectivity index (χ4n) is 3.43. The maximum Gasteiger partial charge on any atom is 0.267 e. The van der Waals surface area contributed by atoms with Crippen molar-refractivity contribution in [2.24, 2.45) is 5.92 Å². The number of carbonyl (C=O) groups excluding carboxylic acids is 1. The molecule has 1 aromatic heterocycles. The first-order valence-electron chi connectivity index (χ1n) is 8.55. The van der Waals surface area contributed by atoms with E-state index in [1.54, 1.807) is 0 Å². The summed E-state index contributed by atoms with van der Waals surface area (Å²) in [5, 5.41) is 4.68. The quantitative estimate of drug-likeness (QED) is 0.742.